The van der Waals surface area contributed by atoms with E-state index in [-0.39, 0.29) is 5.69 Å². The number of hydrogen-bond donors (Lipinski definition) is 2. The van der Waals surface area contributed by atoms with E-state index in [2.05, 4.69) is 12.2 Å². The Bertz CT molecular complexity index is 708. The molecule has 2 aromatic rings. The van der Waals surface area contributed by atoms with Gasteiger partial charge in [-0.2, -0.15) is 12.7 Å². The fourth-order valence-corrected chi connectivity index (χ4v) is 2.76. The average Bonchev–Trinajstić information content (AvgIpc) is 2.27. The third-order valence-corrected chi connectivity index (χ3v) is 3.57. The Labute approximate surface area is 110 Å². The predicted octanol–water partition coefficient (Wildman–Crippen LogP) is 1.69. The van der Waals surface area contributed by atoms with Gasteiger partial charge in [-0.1, -0.05) is 36.4 Å². The molecular formula is C11H10N2O3S2. The monoisotopic (exact) mass is 282 g/mol. The van der Waals surface area contributed by atoms with Gasteiger partial charge in [0.1, 0.15) is 0 Å². The summed E-state index contributed by atoms with van der Waals surface area (Å²) in [5, 5.41) is 1.01. The number of anilines is 1. The van der Waals surface area contributed by atoms with Crippen LogP contribution in [0.25, 0.3) is 10.8 Å². The highest BCUT2D eigenvalue weighted by molar-refractivity contribution is 7.91. The fourth-order valence-electron chi connectivity index (χ4n) is 1.74. The van der Waals surface area contributed by atoms with Gasteiger partial charge < -0.3 is 5.73 Å². The van der Waals surface area contributed by atoms with E-state index < -0.39 is 15.4 Å². The minimum atomic E-state index is -4.54. The summed E-state index contributed by atoms with van der Waals surface area (Å²) < 4.78 is 32.4. The minimum Gasteiger partial charge on any atom is -0.375 e. The summed E-state index contributed by atoms with van der Waals surface area (Å²) in [4.78, 5) is 0. The highest BCUT2D eigenvalue weighted by Crippen LogP contribution is 2.28. The molecule has 3 N–H and O–H groups in total. The van der Waals surface area contributed by atoms with Gasteiger partial charge in [0.25, 0.3) is 0 Å². The van der Waals surface area contributed by atoms with Gasteiger partial charge in [0.05, 0.1) is 5.69 Å². The number of thiocarbonyl (C=S) groups is 1. The Hall–Kier alpha value is -1.70. The molecule has 0 aromatic heterocycles. The highest BCUT2D eigenvalue weighted by Gasteiger charge is 2.24. The first-order chi connectivity index (χ1) is 8.41. The molecule has 0 unspecified atom stereocenters. The Morgan fingerprint density at radius 3 is 2.39 bits per heavy atom. The van der Waals surface area contributed by atoms with Gasteiger partial charge in [0, 0.05) is 5.39 Å². The van der Waals surface area contributed by atoms with Crippen LogP contribution in [0.15, 0.2) is 42.5 Å². The molecule has 5 nitrogen and oxygen atoms in total. The van der Waals surface area contributed by atoms with Gasteiger partial charge in [-0.3, -0.25) is 4.55 Å². The Kier molecular flexibility index (Phi) is 3.20. The summed E-state index contributed by atoms with van der Waals surface area (Å²) in [6.45, 7) is 0. The van der Waals surface area contributed by atoms with Crippen LogP contribution in [0.1, 0.15) is 0 Å². The summed E-state index contributed by atoms with van der Waals surface area (Å²) in [5.74, 6) is 0. The average molecular weight is 282 g/mol. The first-order valence-corrected chi connectivity index (χ1v) is 6.77. The molecule has 0 saturated heterocycles. The van der Waals surface area contributed by atoms with Crippen molar-refractivity contribution in [2.24, 2.45) is 5.73 Å². The van der Waals surface area contributed by atoms with Crippen LogP contribution in [0.3, 0.4) is 0 Å². The number of fused-ring (bicyclic) bond motifs is 1. The number of benzene rings is 2. The molecule has 0 aliphatic heterocycles. The van der Waals surface area contributed by atoms with Crippen LogP contribution in [-0.4, -0.2) is 18.1 Å². The second-order valence-electron chi connectivity index (χ2n) is 3.58. The van der Waals surface area contributed by atoms with Crippen LogP contribution >= 0.6 is 12.2 Å². The quantitative estimate of drug-likeness (QED) is 0.647. The van der Waals surface area contributed by atoms with Gasteiger partial charge in [-0.25, -0.2) is 0 Å². The molecule has 0 radical (unpaired) electrons. The maximum Gasteiger partial charge on any atom is 0.366 e. The molecule has 2 aromatic carbocycles. The lowest BCUT2D eigenvalue weighted by molar-refractivity contribution is 0.484. The van der Waals surface area contributed by atoms with Crippen LogP contribution in [0.2, 0.25) is 0 Å². The van der Waals surface area contributed by atoms with Gasteiger partial charge in [-0.15, -0.1) is 0 Å². The van der Waals surface area contributed by atoms with E-state index in [0.717, 1.165) is 5.39 Å². The molecule has 18 heavy (non-hydrogen) atoms. The van der Waals surface area contributed by atoms with Crippen molar-refractivity contribution >= 4 is 44.1 Å². The van der Waals surface area contributed by atoms with E-state index in [4.69, 9.17) is 5.73 Å². The Balaban J connectivity index is 2.77. The van der Waals surface area contributed by atoms with E-state index >= 15 is 0 Å². The van der Waals surface area contributed by atoms with E-state index in [1.165, 1.54) is 6.07 Å². The van der Waals surface area contributed by atoms with Crippen LogP contribution < -0.4 is 10.0 Å². The zero-order chi connectivity index (χ0) is 13.3. The third kappa shape index (κ3) is 2.28. The zero-order valence-corrected chi connectivity index (χ0v) is 10.8. The smallest absolute Gasteiger partial charge is 0.366 e. The minimum absolute atomic E-state index is 0.225. The predicted molar refractivity (Wildman–Crippen MR) is 74.8 cm³/mol. The lowest BCUT2D eigenvalue weighted by Gasteiger charge is -2.20. The van der Waals surface area contributed by atoms with Crippen molar-refractivity contribution in [2.75, 3.05) is 4.31 Å². The SMILES string of the molecule is NC(=S)N(c1cccc2ccccc12)S(=O)(=O)O. The molecule has 0 heterocycles. The molecule has 0 saturated carbocycles. The molecule has 0 aliphatic rings. The van der Waals surface area contributed by atoms with Crippen LogP contribution in [0, 0.1) is 0 Å². The van der Waals surface area contributed by atoms with E-state index in [9.17, 15) is 13.0 Å². The normalized spacial score (nSPS) is 11.4. The van der Waals surface area contributed by atoms with Crippen LogP contribution in [-0.2, 0) is 10.3 Å². The van der Waals surface area contributed by atoms with Gasteiger partial charge in [0.15, 0.2) is 5.11 Å². The lowest BCUT2D eigenvalue weighted by Crippen LogP contribution is -2.40. The number of rotatable bonds is 2. The number of nitrogens with two attached hydrogens (primary N) is 1. The zero-order valence-electron chi connectivity index (χ0n) is 9.15. The van der Waals surface area contributed by atoms with E-state index in [1.54, 1.807) is 18.2 Å². The van der Waals surface area contributed by atoms with Crippen molar-refractivity contribution in [3.8, 4) is 0 Å². The van der Waals surface area contributed by atoms with Crippen LogP contribution in [0.4, 0.5) is 5.69 Å². The molecule has 0 spiro atoms. The van der Waals surface area contributed by atoms with E-state index in [1.807, 2.05) is 18.2 Å². The standard InChI is InChI=1S/C11H10N2O3S2/c12-11(17)13(18(14,15)16)10-7-3-5-8-4-1-2-6-9(8)10/h1-7H,(H2,12,17)(H,14,15,16). The number of nitrogens with zero attached hydrogens (tertiary/aromatic N) is 1. The number of hydrogen-bond acceptors (Lipinski definition) is 3. The summed E-state index contributed by atoms with van der Waals surface area (Å²) in [5.41, 5.74) is 5.59. The van der Waals surface area contributed by atoms with Crippen molar-refractivity contribution in [3.63, 3.8) is 0 Å². The molecule has 0 amide bonds. The van der Waals surface area contributed by atoms with Gasteiger partial charge in [-0.05, 0) is 23.7 Å². The first kappa shape index (κ1) is 12.7. The molecule has 7 heteroatoms. The molecule has 0 fully saturated rings. The molecule has 0 aliphatic carbocycles. The maximum atomic E-state index is 11.3. The van der Waals surface area contributed by atoms with Crippen molar-refractivity contribution < 1.29 is 13.0 Å². The Morgan fingerprint density at radius 2 is 1.78 bits per heavy atom. The summed E-state index contributed by atoms with van der Waals surface area (Å²) in [6.07, 6.45) is 0. The maximum absolute atomic E-state index is 11.3. The molecular weight excluding hydrogens is 272 g/mol. The highest BCUT2D eigenvalue weighted by atomic mass is 32.2. The third-order valence-electron chi connectivity index (χ3n) is 2.42. The van der Waals surface area contributed by atoms with Crippen molar-refractivity contribution in [1.82, 2.24) is 0 Å². The molecule has 94 valence electrons. The van der Waals surface area contributed by atoms with E-state index in [0.29, 0.717) is 9.69 Å². The fraction of sp³-hybridized carbons (Fsp3) is 0. The lowest BCUT2D eigenvalue weighted by atomic mass is 10.1. The van der Waals surface area contributed by atoms with Gasteiger partial charge >= 0.3 is 10.3 Å². The van der Waals surface area contributed by atoms with Crippen molar-refractivity contribution in [1.29, 1.82) is 0 Å². The summed E-state index contributed by atoms with van der Waals surface area (Å²) in [6, 6.07) is 12.1. The second kappa shape index (κ2) is 4.52. The van der Waals surface area contributed by atoms with Crippen molar-refractivity contribution in [3.05, 3.63) is 42.5 Å². The molecule has 0 atom stereocenters. The summed E-state index contributed by atoms with van der Waals surface area (Å²) >= 11 is 4.67. The second-order valence-corrected chi connectivity index (χ2v) is 5.26. The molecule has 0 bridgehead atoms. The van der Waals surface area contributed by atoms with Gasteiger partial charge in [0.2, 0.25) is 0 Å². The summed E-state index contributed by atoms with van der Waals surface area (Å²) in [7, 11) is -4.54. The Morgan fingerprint density at radius 1 is 1.17 bits per heavy atom. The van der Waals surface area contributed by atoms with Crippen LogP contribution in [0.5, 0.6) is 0 Å². The first-order valence-electron chi connectivity index (χ1n) is 4.96. The topological polar surface area (TPSA) is 83.6 Å². The molecule has 2 rings (SSSR count). The largest absolute Gasteiger partial charge is 0.375 e. The van der Waals surface area contributed by atoms with Crippen molar-refractivity contribution in [2.45, 2.75) is 0 Å².